The summed E-state index contributed by atoms with van der Waals surface area (Å²) in [6.07, 6.45) is 2.27. The molecule has 0 fully saturated rings. The summed E-state index contributed by atoms with van der Waals surface area (Å²) < 4.78 is 23.9. The largest absolute Gasteiger partial charge is 0.364 e. The van der Waals surface area contributed by atoms with E-state index >= 15 is 0 Å². The fourth-order valence-corrected chi connectivity index (χ4v) is 2.57. The van der Waals surface area contributed by atoms with Gasteiger partial charge in [-0.1, -0.05) is 18.7 Å². The van der Waals surface area contributed by atoms with Crippen molar-refractivity contribution in [2.45, 2.75) is 18.6 Å². The van der Waals surface area contributed by atoms with Crippen LogP contribution in [0.2, 0.25) is 0 Å². The molecule has 0 radical (unpaired) electrons. The maximum atomic E-state index is 10.8. The highest BCUT2D eigenvalue weighted by Crippen LogP contribution is 2.21. The Hall–Kier alpha value is -0.270. The zero-order valence-electron chi connectivity index (χ0n) is 8.99. The maximum Gasteiger partial charge on any atom is 0.208 e. The van der Waals surface area contributed by atoms with E-state index in [1.807, 2.05) is 0 Å². The van der Waals surface area contributed by atoms with Crippen LogP contribution in [-0.2, 0) is 10.0 Å². The predicted molar refractivity (Wildman–Crippen MR) is 64.8 cm³/mol. The first-order valence-corrected chi connectivity index (χ1v) is 7.68. The van der Waals surface area contributed by atoms with Crippen LogP contribution in [0.1, 0.15) is 13.3 Å². The van der Waals surface area contributed by atoms with Gasteiger partial charge in [0, 0.05) is 18.3 Å². The van der Waals surface area contributed by atoms with Crippen LogP contribution < -0.4 is 10.0 Å². The van der Waals surface area contributed by atoms with Gasteiger partial charge in [0.15, 0.2) is 5.17 Å². The molecule has 1 atom stereocenters. The highest BCUT2D eigenvalue weighted by Gasteiger charge is 2.16. The number of aliphatic imine (C=N–C) groups is 1. The van der Waals surface area contributed by atoms with Crippen LogP contribution in [0, 0.1) is 0 Å². The lowest BCUT2D eigenvalue weighted by Gasteiger charge is -2.06. The van der Waals surface area contributed by atoms with E-state index in [1.54, 1.807) is 11.8 Å². The number of hydrogen-bond acceptors (Lipinski definition) is 5. The summed E-state index contributed by atoms with van der Waals surface area (Å²) >= 11 is 1.73. The number of sulfonamides is 1. The lowest BCUT2D eigenvalue weighted by molar-refractivity contribution is 0.587. The fourth-order valence-electron chi connectivity index (χ4n) is 1.13. The Bertz CT molecular complexity index is 327. The highest BCUT2D eigenvalue weighted by atomic mass is 32.2. The van der Waals surface area contributed by atoms with Crippen molar-refractivity contribution in [2.75, 3.05) is 25.9 Å². The Morgan fingerprint density at radius 3 is 2.80 bits per heavy atom. The fraction of sp³-hybridized carbons (Fsp3) is 0.875. The molecule has 0 saturated carbocycles. The van der Waals surface area contributed by atoms with E-state index in [0.29, 0.717) is 18.3 Å². The van der Waals surface area contributed by atoms with Gasteiger partial charge >= 0.3 is 0 Å². The van der Waals surface area contributed by atoms with Crippen LogP contribution in [0.4, 0.5) is 0 Å². The zero-order chi connectivity index (χ0) is 11.3. The molecule has 2 N–H and O–H groups in total. The lowest BCUT2D eigenvalue weighted by Crippen LogP contribution is -2.32. The van der Waals surface area contributed by atoms with Gasteiger partial charge in [0.1, 0.15) is 0 Å². The second-order valence-electron chi connectivity index (χ2n) is 3.39. The van der Waals surface area contributed by atoms with Gasteiger partial charge in [-0.05, 0) is 6.42 Å². The van der Waals surface area contributed by atoms with E-state index in [0.717, 1.165) is 24.4 Å². The molecule has 0 aromatic carbocycles. The van der Waals surface area contributed by atoms with Gasteiger partial charge in [-0.15, -0.1) is 0 Å². The van der Waals surface area contributed by atoms with E-state index in [-0.39, 0.29) is 0 Å². The van der Waals surface area contributed by atoms with Crippen molar-refractivity contribution < 1.29 is 8.42 Å². The third-order valence-corrected chi connectivity index (χ3v) is 3.98. The molecule has 1 rings (SSSR count). The minimum absolute atomic E-state index is 0.398. The van der Waals surface area contributed by atoms with Crippen LogP contribution in [0.3, 0.4) is 0 Å². The Kier molecular flexibility index (Phi) is 4.88. The van der Waals surface area contributed by atoms with Crippen LogP contribution >= 0.6 is 11.8 Å². The van der Waals surface area contributed by atoms with E-state index in [2.05, 4.69) is 22.0 Å². The summed E-state index contributed by atoms with van der Waals surface area (Å²) in [6, 6.07) is 0. The number of amidine groups is 1. The van der Waals surface area contributed by atoms with Crippen LogP contribution in [0.25, 0.3) is 0 Å². The van der Waals surface area contributed by atoms with Gasteiger partial charge in [-0.25, -0.2) is 13.1 Å². The number of rotatable bonds is 5. The first-order chi connectivity index (χ1) is 7.01. The molecule has 0 aromatic rings. The van der Waals surface area contributed by atoms with Crippen molar-refractivity contribution in [3.05, 3.63) is 0 Å². The number of hydrogen-bond donors (Lipinski definition) is 2. The predicted octanol–water partition coefficient (Wildman–Crippen LogP) is 0.00660. The maximum absolute atomic E-state index is 10.8. The molecule has 0 amide bonds. The first kappa shape index (κ1) is 12.8. The van der Waals surface area contributed by atoms with E-state index < -0.39 is 10.0 Å². The SMILES string of the molecule is CCC1CN=C(NCCNS(C)(=O)=O)S1. The highest BCUT2D eigenvalue weighted by molar-refractivity contribution is 8.14. The average molecular weight is 251 g/mol. The normalized spacial score (nSPS) is 21.5. The smallest absolute Gasteiger partial charge is 0.208 e. The van der Waals surface area contributed by atoms with Crippen molar-refractivity contribution >= 4 is 27.0 Å². The Morgan fingerprint density at radius 1 is 1.53 bits per heavy atom. The van der Waals surface area contributed by atoms with Gasteiger partial charge in [0.2, 0.25) is 10.0 Å². The quantitative estimate of drug-likeness (QED) is 0.675. The first-order valence-electron chi connectivity index (χ1n) is 4.91. The summed E-state index contributed by atoms with van der Waals surface area (Å²) in [5.41, 5.74) is 0. The monoisotopic (exact) mass is 251 g/mol. The van der Waals surface area contributed by atoms with E-state index in [1.165, 1.54) is 0 Å². The standard InChI is InChI=1S/C8H17N3O2S2/c1-3-7-6-10-8(14-7)9-4-5-11-15(2,12)13/h7,11H,3-6H2,1-2H3,(H,9,10). The van der Waals surface area contributed by atoms with Crippen molar-refractivity contribution in [1.29, 1.82) is 0 Å². The van der Waals surface area contributed by atoms with Crippen molar-refractivity contribution in [3.63, 3.8) is 0 Å². The minimum Gasteiger partial charge on any atom is -0.364 e. The van der Waals surface area contributed by atoms with Crippen LogP contribution in [0.15, 0.2) is 4.99 Å². The molecule has 15 heavy (non-hydrogen) atoms. The molecule has 88 valence electrons. The minimum atomic E-state index is -3.07. The van der Waals surface area contributed by atoms with Crippen molar-refractivity contribution in [2.24, 2.45) is 4.99 Å². The van der Waals surface area contributed by atoms with Gasteiger partial charge in [-0.3, -0.25) is 4.99 Å². The molecule has 1 heterocycles. The van der Waals surface area contributed by atoms with Gasteiger partial charge in [0.05, 0.1) is 12.8 Å². The topological polar surface area (TPSA) is 70.6 Å². The number of nitrogens with zero attached hydrogens (tertiary/aromatic N) is 1. The average Bonchev–Trinajstić information content (AvgIpc) is 2.59. The summed E-state index contributed by atoms with van der Waals surface area (Å²) in [6.45, 7) is 3.98. The van der Waals surface area contributed by atoms with Gasteiger partial charge in [0.25, 0.3) is 0 Å². The third-order valence-electron chi connectivity index (χ3n) is 1.94. The Morgan fingerprint density at radius 2 is 2.27 bits per heavy atom. The third kappa shape index (κ3) is 5.39. The molecule has 0 spiro atoms. The molecule has 5 nitrogen and oxygen atoms in total. The van der Waals surface area contributed by atoms with Crippen molar-refractivity contribution in [3.8, 4) is 0 Å². The molecule has 1 aliphatic rings. The van der Waals surface area contributed by atoms with Gasteiger partial charge in [-0.2, -0.15) is 0 Å². The Labute approximate surface area is 95.2 Å². The summed E-state index contributed by atoms with van der Waals surface area (Å²) in [7, 11) is -3.07. The Balaban J connectivity index is 2.12. The molecular formula is C8H17N3O2S2. The molecule has 0 aliphatic carbocycles. The molecule has 0 aromatic heterocycles. The number of nitrogens with one attached hydrogen (secondary N) is 2. The van der Waals surface area contributed by atoms with Crippen molar-refractivity contribution in [1.82, 2.24) is 10.0 Å². The second kappa shape index (κ2) is 5.72. The molecular weight excluding hydrogens is 234 g/mol. The summed E-state index contributed by atoms with van der Waals surface area (Å²) in [4.78, 5) is 4.31. The molecule has 1 aliphatic heterocycles. The lowest BCUT2D eigenvalue weighted by atomic mass is 10.3. The molecule has 1 unspecified atom stereocenters. The number of thioether (sulfide) groups is 1. The summed E-state index contributed by atoms with van der Waals surface area (Å²) in [5, 5.41) is 4.61. The van der Waals surface area contributed by atoms with E-state index in [4.69, 9.17) is 0 Å². The molecule has 0 saturated heterocycles. The van der Waals surface area contributed by atoms with Gasteiger partial charge < -0.3 is 5.32 Å². The van der Waals surface area contributed by atoms with Crippen LogP contribution in [0.5, 0.6) is 0 Å². The summed E-state index contributed by atoms with van der Waals surface area (Å²) in [5.74, 6) is 0. The van der Waals surface area contributed by atoms with E-state index in [9.17, 15) is 8.42 Å². The second-order valence-corrected chi connectivity index (χ2v) is 6.51. The zero-order valence-corrected chi connectivity index (χ0v) is 10.6. The molecule has 0 bridgehead atoms. The molecule has 7 heteroatoms. The van der Waals surface area contributed by atoms with Crippen LogP contribution in [-0.4, -0.2) is 44.7 Å².